The smallest absolute Gasteiger partial charge is 0.419 e. The summed E-state index contributed by atoms with van der Waals surface area (Å²) in [6.45, 7) is 14.8. The van der Waals surface area contributed by atoms with Crippen LogP contribution in [0.1, 0.15) is 108 Å². The van der Waals surface area contributed by atoms with Gasteiger partial charge in [-0.2, -0.15) is 18.3 Å². The van der Waals surface area contributed by atoms with Crippen molar-refractivity contribution < 1.29 is 46.2 Å². The summed E-state index contributed by atoms with van der Waals surface area (Å²) in [5, 5.41) is 10.9. The molecule has 0 fully saturated rings. The number of fused-ring (bicyclic) bond motifs is 2. The predicted octanol–water partition coefficient (Wildman–Crippen LogP) is 9.29. The Morgan fingerprint density at radius 2 is 1.56 bits per heavy atom. The Morgan fingerprint density at radius 1 is 0.906 bits per heavy atom. The summed E-state index contributed by atoms with van der Waals surface area (Å²) in [5.41, 5.74) is 3.23. The average Bonchev–Trinajstić information content (AvgIpc) is 3.85. The van der Waals surface area contributed by atoms with Crippen molar-refractivity contribution in [3.05, 3.63) is 88.3 Å². The number of nitrogens with zero attached hydrogens (tertiary/aromatic N) is 5. The molecule has 0 saturated carbocycles. The number of nitrogens with one attached hydrogen (secondary N) is 3. The van der Waals surface area contributed by atoms with E-state index in [1.54, 1.807) is 63.4 Å². The number of carbonyl (C=O) groups excluding carboxylic acids is 3. The predicted molar refractivity (Wildman–Crippen MR) is 232 cm³/mol. The molecule has 0 aliphatic carbocycles. The van der Waals surface area contributed by atoms with Gasteiger partial charge in [0.2, 0.25) is 5.95 Å². The van der Waals surface area contributed by atoms with Gasteiger partial charge in [-0.25, -0.2) is 33.4 Å². The summed E-state index contributed by atoms with van der Waals surface area (Å²) in [7, 11) is 0. The molecule has 0 spiro atoms. The Kier molecular flexibility index (Phi) is 14.2. The Hall–Kier alpha value is -6.20. The van der Waals surface area contributed by atoms with Gasteiger partial charge in [-0.05, 0) is 96.9 Å². The van der Waals surface area contributed by atoms with Gasteiger partial charge in [0.25, 0.3) is 0 Å². The van der Waals surface area contributed by atoms with E-state index in [1.165, 1.54) is 6.07 Å². The lowest BCUT2D eigenvalue weighted by molar-refractivity contribution is -0.147. The number of alkyl halides is 3. The minimum atomic E-state index is -4.60. The molecular weight excluding hydrogens is 837 g/mol. The Labute approximate surface area is 369 Å². The summed E-state index contributed by atoms with van der Waals surface area (Å²) in [6, 6.07) is 7.90. The molecule has 18 heteroatoms. The number of para-hydroxylation sites is 1. The van der Waals surface area contributed by atoms with Crippen molar-refractivity contribution in [2.24, 2.45) is 0 Å². The maximum atomic E-state index is 17.2. The van der Waals surface area contributed by atoms with E-state index in [1.807, 2.05) is 32.0 Å². The van der Waals surface area contributed by atoms with E-state index in [2.05, 4.69) is 25.6 Å². The summed E-state index contributed by atoms with van der Waals surface area (Å²) in [4.78, 5) is 51.7. The average molecular weight is 893 g/mol. The molecule has 3 N–H and O–H groups in total. The Balaban J connectivity index is 1.32. The van der Waals surface area contributed by atoms with Crippen LogP contribution in [-0.2, 0) is 57.6 Å². The Morgan fingerprint density at radius 3 is 2.19 bits per heavy atom. The van der Waals surface area contributed by atoms with E-state index in [9.17, 15) is 27.6 Å². The maximum absolute atomic E-state index is 17.2. The summed E-state index contributed by atoms with van der Waals surface area (Å²) in [5.74, 6) is -1.30. The first kappa shape index (κ1) is 47.3. The van der Waals surface area contributed by atoms with E-state index in [4.69, 9.17) is 19.3 Å². The normalized spacial score (nSPS) is 13.7. The van der Waals surface area contributed by atoms with E-state index in [0.717, 1.165) is 29.2 Å². The van der Waals surface area contributed by atoms with Gasteiger partial charge in [-0.15, -0.1) is 0 Å². The lowest BCUT2D eigenvalue weighted by Gasteiger charge is -2.27. The number of rotatable bonds is 14. The number of benzene rings is 2. The zero-order chi connectivity index (χ0) is 46.6. The minimum Gasteiger partial charge on any atom is -0.459 e. The van der Waals surface area contributed by atoms with Crippen LogP contribution < -0.4 is 15.5 Å². The topological polar surface area (TPSA) is 166 Å². The fourth-order valence-corrected chi connectivity index (χ4v) is 7.63. The molecule has 1 aliphatic heterocycles. The van der Waals surface area contributed by atoms with Gasteiger partial charge in [-0.3, -0.25) is 0 Å². The van der Waals surface area contributed by atoms with Crippen LogP contribution in [0.3, 0.4) is 0 Å². The third kappa shape index (κ3) is 11.3. The second kappa shape index (κ2) is 19.3. The third-order valence-electron chi connectivity index (χ3n) is 10.5. The van der Waals surface area contributed by atoms with E-state index in [0.29, 0.717) is 72.1 Å². The number of ether oxygens (including phenoxy) is 3. The van der Waals surface area contributed by atoms with Gasteiger partial charge in [-0.1, -0.05) is 32.0 Å². The van der Waals surface area contributed by atoms with Crippen LogP contribution >= 0.6 is 0 Å². The molecule has 0 bridgehead atoms. The number of aromatic amines is 1. The van der Waals surface area contributed by atoms with Gasteiger partial charge in [0.15, 0.2) is 0 Å². The van der Waals surface area contributed by atoms with Gasteiger partial charge in [0.1, 0.15) is 29.7 Å². The molecule has 1 aliphatic rings. The minimum absolute atomic E-state index is 0.0990. The first-order chi connectivity index (χ1) is 30.2. The molecule has 1 atom stereocenters. The van der Waals surface area contributed by atoms with Crippen LogP contribution in [-0.4, -0.2) is 73.2 Å². The van der Waals surface area contributed by atoms with Crippen LogP contribution in [0, 0.1) is 5.82 Å². The first-order valence-corrected chi connectivity index (χ1v) is 21.4. The highest BCUT2D eigenvalue weighted by Gasteiger charge is 2.34. The zero-order valence-electron chi connectivity index (χ0n) is 37.5. The number of unbranched alkanes of at least 4 members (excludes halogenated alkanes) is 1. The first-order valence-electron chi connectivity index (χ1n) is 21.4. The fraction of sp³-hybridized carbons (Fsp3) is 0.478. The standard InChI is InChI=1S/C46H56F4N8O6/c1-9-27-14-13-15-28(10-2)38(27)58-39(32-25-57(21-18-34(32)56-58)41-53-23-30(24-54-41)46(48,49)50)36-31-17-20-51-37(31)29(22-33(36)47)26-62-40(59)35(55-43(61)64-45(6,7)8)16-11-12-19-52-42(60)63-44(3,4)5/h13-15,17,20,22-24,35,51H,9-12,16,18-19,21,25-26H2,1-8H3,(H,52,60)(H,55,61)/t35-/m0/s1. The molecule has 14 nitrogen and oxygen atoms in total. The molecular formula is C46H56F4N8O6. The number of H-pyrrole nitrogens is 1. The molecule has 0 saturated heterocycles. The molecule has 64 heavy (non-hydrogen) atoms. The molecule has 0 unspecified atom stereocenters. The lowest BCUT2D eigenvalue weighted by atomic mass is 9.95. The number of carbonyl (C=O) groups is 3. The number of aryl methyl sites for hydroxylation is 2. The summed E-state index contributed by atoms with van der Waals surface area (Å²) in [6.07, 6.45) is -0.0699. The van der Waals surface area contributed by atoms with Crippen LogP contribution in [0.25, 0.3) is 27.8 Å². The van der Waals surface area contributed by atoms with Crippen molar-refractivity contribution in [3.8, 4) is 16.9 Å². The monoisotopic (exact) mass is 892 g/mol. The lowest BCUT2D eigenvalue weighted by Crippen LogP contribution is -2.44. The van der Waals surface area contributed by atoms with Gasteiger partial charge < -0.3 is 34.7 Å². The highest BCUT2D eigenvalue weighted by molar-refractivity contribution is 5.98. The van der Waals surface area contributed by atoms with Crippen LogP contribution in [0.2, 0.25) is 0 Å². The third-order valence-corrected chi connectivity index (χ3v) is 10.5. The zero-order valence-corrected chi connectivity index (χ0v) is 37.5. The van der Waals surface area contributed by atoms with E-state index >= 15 is 4.39 Å². The van der Waals surface area contributed by atoms with E-state index < -0.39 is 53.0 Å². The fourth-order valence-electron chi connectivity index (χ4n) is 7.63. The van der Waals surface area contributed by atoms with Crippen molar-refractivity contribution in [3.63, 3.8) is 0 Å². The Bertz CT molecular complexity index is 2450. The highest BCUT2D eigenvalue weighted by Crippen LogP contribution is 2.41. The second-order valence-electron chi connectivity index (χ2n) is 17.6. The largest absolute Gasteiger partial charge is 0.459 e. The van der Waals surface area contributed by atoms with Gasteiger partial charge >= 0.3 is 24.3 Å². The molecule has 344 valence electrons. The van der Waals surface area contributed by atoms with Crippen LogP contribution in [0.4, 0.5) is 33.1 Å². The summed E-state index contributed by atoms with van der Waals surface area (Å²) >= 11 is 0. The maximum Gasteiger partial charge on any atom is 0.419 e. The van der Waals surface area contributed by atoms with Crippen molar-refractivity contribution in [2.45, 2.75) is 130 Å². The number of hydrogen-bond acceptors (Lipinski definition) is 10. The van der Waals surface area contributed by atoms with Crippen molar-refractivity contribution in [1.82, 2.24) is 35.4 Å². The van der Waals surface area contributed by atoms with Gasteiger partial charge in [0.05, 0.1) is 28.2 Å². The quantitative estimate of drug-likeness (QED) is 0.0424. The molecule has 2 aromatic carbocycles. The number of alkyl carbamates (subject to hydrolysis) is 2. The molecule has 6 rings (SSSR count). The molecule has 4 heterocycles. The molecule has 3 aromatic heterocycles. The number of aromatic nitrogens is 5. The number of halogens is 4. The van der Waals surface area contributed by atoms with Crippen LogP contribution in [0.15, 0.2) is 48.9 Å². The van der Waals surface area contributed by atoms with Crippen LogP contribution in [0.5, 0.6) is 0 Å². The SMILES string of the molecule is CCc1cccc(CC)c1-n1nc2c(c1-c1c(F)cc(COC(=O)[C@H](CCCCNC(=O)OC(C)(C)C)NC(=O)OC(C)(C)C)c3[nH]ccc13)CN(c1ncc(C(F)(F)F)cn1)CC2. The molecule has 5 aromatic rings. The number of esters is 1. The number of hydrogen-bond donors (Lipinski definition) is 3. The van der Waals surface area contributed by atoms with Crippen molar-refractivity contribution >= 4 is 35.0 Å². The van der Waals surface area contributed by atoms with Crippen molar-refractivity contribution in [1.29, 1.82) is 0 Å². The highest BCUT2D eigenvalue weighted by atomic mass is 19.4. The second-order valence-corrected chi connectivity index (χ2v) is 17.6. The number of anilines is 1. The van der Waals surface area contributed by atoms with E-state index in [-0.39, 0.29) is 37.6 Å². The molecule has 0 radical (unpaired) electrons. The number of amides is 2. The van der Waals surface area contributed by atoms with Gasteiger partial charge in [0, 0.05) is 66.7 Å². The molecule has 2 amide bonds. The van der Waals surface area contributed by atoms with Crippen molar-refractivity contribution in [2.75, 3.05) is 18.0 Å². The summed E-state index contributed by atoms with van der Waals surface area (Å²) < 4.78 is 75.6.